The van der Waals surface area contributed by atoms with E-state index in [9.17, 15) is 4.39 Å². The maximum Gasteiger partial charge on any atom is 0.141 e. The fraction of sp³-hybridized carbons (Fsp3) is 0.200. The van der Waals surface area contributed by atoms with Crippen molar-refractivity contribution in [1.29, 1.82) is 0 Å². The third-order valence-corrected chi connectivity index (χ3v) is 3.36. The van der Waals surface area contributed by atoms with Crippen LogP contribution in [0.1, 0.15) is 11.1 Å². The fourth-order valence-electron chi connectivity index (χ4n) is 1.75. The van der Waals surface area contributed by atoms with Gasteiger partial charge in [-0.15, -0.1) is 0 Å². The second kappa shape index (κ2) is 6.06. The number of hydrogen-bond acceptors (Lipinski definition) is 2. The Morgan fingerprint density at radius 3 is 2.63 bits per heavy atom. The van der Waals surface area contributed by atoms with Crippen molar-refractivity contribution >= 4 is 15.9 Å². The number of aryl methyl sites for hydroxylation is 1. The van der Waals surface area contributed by atoms with Gasteiger partial charge in [0.2, 0.25) is 0 Å². The standard InChI is InChI=1S/C15H14BrFO2/c1-10-3-6-15(18-2)11(7-10)9-19-12-4-5-13(16)14(17)8-12/h3-8H,9H2,1-2H3. The van der Waals surface area contributed by atoms with Gasteiger partial charge in [0, 0.05) is 11.6 Å². The molecule has 2 nitrogen and oxygen atoms in total. The minimum Gasteiger partial charge on any atom is -0.496 e. The summed E-state index contributed by atoms with van der Waals surface area (Å²) in [5.74, 6) is 0.918. The van der Waals surface area contributed by atoms with Crippen LogP contribution >= 0.6 is 15.9 Å². The smallest absolute Gasteiger partial charge is 0.141 e. The summed E-state index contributed by atoms with van der Waals surface area (Å²) in [5, 5.41) is 0. The molecule has 0 N–H and O–H groups in total. The molecular weight excluding hydrogens is 311 g/mol. The molecule has 0 unspecified atom stereocenters. The minimum absolute atomic E-state index is 0.339. The Balaban J connectivity index is 2.13. The zero-order valence-corrected chi connectivity index (χ0v) is 12.3. The van der Waals surface area contributed by atoms with Gasteiger partial charge < -0.3 is 9.47 Å². The van der Waals surface area contributed by atoms with Crippen LogP contribution in [0.4, 0.5) is 4.39 Å². The molecule has 0 atom stereocenters. The number of methoxy groups -OCH3 is 1. The van der Waals surface area contributed by atoms with Gasteiger partial charge in [-0.25, -0.2) is 4.39 Å². The van der Waals surface area contributed by atoms with Crippen molar-refractivity contribution in [2.75, 3.05) is 7.11 Å². The second-order valence-electron chi connectivity index (χ2n) is 4.18. The van der Waals surface area contributed by atoms with E-state index < -0.39 is 0 Å². The van der Waals surface area contributed by atoms with E-state index in [0.29, 0.717) is 16.8 Å². The van der Waals surface area contributed by atoms with Gasteiger partial charge in [-0.1, -0.05) is 11.6 Å². The predicted octanol–water partition coefficient (Wildman–Crippen LogP) is 4.48. The number of rotatable bonds is 4. The Bertz CT molecular complexity index is 584. The van der Waals surface area contributed by atoms with Crippen LogP contribution in [0.25, 0.3) is 0 Å². The van der Waals surface area contributed by atoms with Crippen LogP contribution in [-0.4, -0.2) is 7.11 Å². The van der Waals surface area contributed by atoms with Crippen molar-refractivity contribution in [3.63, 3.8) is 0 Å². The Morgan fingerprint density at radius 1 is 1.16 bits per heavy atom. The molecule has 0 saturated carbocycles. The van der Waals surface area contributed by atoms with Crippen LogP contribution in [0.3, 0.4) is 0 Å². The van der Waals surface area contributed by atoms with Gasteiger partial charge in [-0.2, -0.15) is 0 Å². The summed E-state index contributed by atoms with van der Waals surface area (Å²) in [4.78, 5) is 0. The highest BCUT2D eigenvalue weighted by molar-refractivity contribution is 9.10. The molecule has 100 valence electrons. The van der Waals surface area contributed by atoms with E-state index in [-0.39, 0.29) is 5.82 Å². The highest BCUT2D eigenvalue weighted by Crippen LogP contribution is 2.24. The summed E-state index contributed by atoms with van der Waals surface area (Å²) < 4.78 is 24.6. The third kappa shape index (κ3) is 3.47. The lowest BCUT2D eigenvalue weighted by atomic mass is 10.1. The molecule has 0 aromatic heterocycles. The summed E-state index contributed by atoms with van der Waals surface area (Å²) in [6.07, 6.45) is 0. The molecule has 0 heterocycles. The first kappa shape index (κ1) is 13.9. The lowest BCUT2D eigenvalue weighted by Gasteiger charge is -2.11. The molecular formula is C15H14BrFO2. The summed E-state index contributed by atoms with van der Waals surface area (Å²) >= 11 is 3.11. The maximum atomic E-state index is 13.4. The van der Waals surface area contributed by atoms with Crippen molar-refractivity contribution in [3.05, 3.63) is 57.8 Å². The van der Waals surface area contributed by atoms with E-state index in [1.165, 1.54) is 6.07 Å². The van der Waals surface area contributed by atoms with Crippen molar-refractivity contribution in [1.82, 2.24) is 0 Å². The second-order valence-corrected chi connectivity index (χ2v) is 5.03. The molecule has 2 rings (SSSR count). The van der Waals surface area contributed by atoms with Crippen LogP contribution in [0.2, 0.25) is 0 Å². The average Bonchev–Trinajstić information content (AvgIpc) is 2.40. The Labute approximate surface area is 120 Å². The first-order valence-electron chi connectivity index (χ1n) is 5.81. The zero-order chi connectivity index (χ0) is 13.8. The first-order valence-corrected chi connectivity index (χ1v) is 6.61. The van der Waals surface area contributed by atoms with Crippen molar-refractivity contribution in [2.45, 2.75) is 13.5 Å². The summed E-state index contributed by atoms with van der Waals surface area (Å²) in [5.41, 5.74) is 2.06. The molecule has 0 spiro atoms. The van der Waals surface area contributed by atoms with Crippen LogP contribution in [-0.2, 0) is 6.61 Å². The topological polar surface area (TPSA) is 18.5 Å². The number of hydrogen-bond donors (Lipinski definition) is 0. The Kier molecular flexibility index (Phi) is 4.43. The monoisotopic (exact) mass is 324 g/mol. The van der Waals surface area contributed by atoms with E-state index in [1.807, 2.05) is 25.1 Å². The van der Waals surface area contributed by atoms with Crippen LogP contribution in [0.5, 0.6) is 11.5 Å². The third-order valence-electron chi connectivity index (χ3n) is 2.72. The normalized spacial score (nSPS) is 10.3. The lowest BCUT2D eigenvalue weighted by molar-refractivity contribution is 0.295. The van der Waals surface area contributed by atoms with Gasteiger partial charge in [-0.05, 0) is 47.1 Å². The van der Waals surface area contributed by atoms with Gasteiger partial charge in [0.1, 0.15) is 23.9 Å². The highest BCUT2D eigenvalue weighted by atomic mass is 79.9. The SMILES string of the molecule is COc1ccc(C)cc1COc1ccc(Br)c(F)c1. The van der Waals surface area contributed by atoms with Crippen molar-refractivity contribution in [3.8, 4) is 11.5 Å². The largest absolute Gasteiger partial charge is 0.496 e. The molecule has 0 amide bonds. The zero-order valence-electron chi connectivity index (χ0n) is 10.7. The fourth-order valence-corrected chi connectivity index (χ4v) is 1.99. The molecule has 0 aliphatic carbocycles. The van der Waals surface area contributed by atoms with Gasteiger partial charge >= 0.3 is 0 Å². The molecule has 2 aromatic rings. The molecule has 0 aliphatic heterocycles. The molecule has 0 aliphatic rings. The highest BCUT2D eigenvalue weighted by Gasteiger charge is 2.06. The van der Waals surface area contributed by atoms with Crippen LogP contribution in [0, 0.1) is 12.7 Å². The summed E-state index contributed by atoms with van der Waals surface area (Å²) in [6, 6.07) is 10.6. The van der Waals surface area contributed by atoms with E-state index in [1.54, 1.807) is 19.2 Å². The molecule has 0 saturated heterocycles. The summed E-state index contributed by atoms with van der Waals surface area (Å²) in [7, 11) is 1.62. The van der Waals surface area contributed by atoms with Gasteiger partial charge in [0.25, 0.3) is 0 Å². The van der Waals surface area contributed by atoms with E-state index in [4.69, 9.17) is 9.47 Å². The van der Waals surface area contributed by atoms with E-state index in [0.717, 1.165) is 16.9 Å². The molecule has 0 radical (unpaired) electrons. The molecule has 2 aromatic carbocycles. The number of ether oxygens (including phenoxy) is 2. The molecule has 19 heavy (non-hydrogen) atoms. The molecule has 0 fully saturated rings. The van der Waals surface area contributed by atoms with Gasteiger partial charge in [-0.3, -0.25) is 0 Å². The Morgan fingerprint density at radius 2 is 1.95 bits per heavy atom. The lowest BCUT2D eigenvalue weighted by Crippen LogP contribution is -1.99. The van der Waals surface area contributed by atoms with Gasteiger partial charge in [0.05, 0.1) is 11.6 Å². The minimum atomic E-state index is -0.339. The van der Waals surface area contributed by atoms with Crippen LogP contribution in [0.15, 0.2) is 40.9 Å². The number of benzene rings is 2. The maximum absolute atomic E-state index is 13.4. The van der Waals surface area contributed by atoms with Crippen molar-refractivity contribution < 1.29 is 13.9 Å². The van der Waals surface area contributed by atoms with E-state index in [2.05, 4.69) is 15.9 Å². The first-order chi connectivity index (χ1) is 9.10. The van der Waals surface area contributed by atoms with Gasteiger partial charge in [0.15, 0.2) is 0 Å². The summed E-state index contributed by atoms with van der Waals surface area (Å²) in [6.45, 7) is 2.34. The molecule has 0 bridgehead atoms. The van der Waals surface area contributed by atoms with E-state index >= 15 is 0 Å². The van der Waals surface area contributed by atoms with Crippen molar-refractivity contribution in [2.24, 2.45) is 0 Å². The molecule has 4 heteroatoms. The Hall–Kier alpha value is -1.55. The predicted molar refractivity (Wildman–Crippen MR) is 76.2 cm³/mol. The van der Waals surface area contributed by atoms with Crippen LogP contribution < -0.4 is 9.47 Å². The average molecular weight is 325 g/mol. The number of halogens is 2. The quantitative estimate of drug-likeness (QED) is 0.825.